The molecule has 194 valence electrons. The van der Waals surface area contributed by atoms with Gasteiger partial charge in [-0.3, -0.25) is 0 Å². The second-order valence-corrected chi connectivity index (χ2v) is 10.0. The summed E-state index contributed by atoms with van der Waals surface area (Å²) < 4.78 is 13.8. The number of aromatic nitrogens is 3. The summed E-state index contributed by atoms with van der Waals surface area (Å²) in [6.45, 7) is 5.27. The molecule has 0 saturated carbocycles. The number of anilines is 2. The highest BCUT2D eigenvalue weighted by atomic mass is 35.5. The number of benzene rings is 3. The van der Waals surface area contributed by atoms with E-state index in [1.165, 1.54) is 0 Å². The first-order valence-electron chi connectivity index (χ1n) is 12.7. The molecule has 0 spiro atoms. The van der Waals surface area contributed by atoms with Gasteiger partial charge in [-0.2, -0.15) is 9.61 Å². The van der Waals surface area contributed by atoms with Gasteiger partial charge in [-0.1, -0.05) is 60.6 Å². The highest BCUT2D eigenvalue weighted by molar-refractivity contribution is 6.36. The van der Waals surface area contributed by atoms with E-state index >= 15 is 0 Å². The molecule has 0 radical (unpaired) electrons. The molecule has 1 N–H and O–H groups in total. The Labute approximate surface area is 233 Å². The molecule has 7 nitrogen and oxygen atoms in total. The van der Waals surface area contributed by atoms with Gasteiger partial charge < -0.3 is 19.7 Å². The smallest absolute Gasteiger partial charge is 0.172 e. The van der Waals surface area contributed by atoms with E-state index in [4.69, 9.17) is 26.1 Å². The Morgan fingerprint density at radius 2 is 1.90 bits per heavy atom. The van der Waals surface area contributed by atoms with Crippen LogP contribution in [-0.4, -0.2) is 42.2 Å². The highest BCUT2D eigenvalue weighted by Crippen LogP contribution is 2.33. The molecule has 3 aromatic carbocycles. The van der Waals surface area contributed by atoms with E-state index in [9.17, 15) is 0 Å². The van der Waals surface area contributed by atoms with Gasteiger partial charge in [-0.15, -0.1) is 0 Å². The lowest BCUT2D eigenvalue weighted by molar-refractivity contribution is 0.116. The van der Waals surface area contributed by atoms with Gasteiger partial charge in [0.1, 0.15) is 20.3 Å². The van der Waals surface area contributed by atoms with E-state index in [1.54, 1.807) is 0 Å². The van der Waals surface area contributed by atoms with Crippen molar-refractivity contribution in [2.24, 2.45) is 0 Å². The molecule has 9 heteroatoms. The van der Waals surface area contributed by atoms with Gasteiger partial charge in [0.25, 0.3) is 0 Å². The fraction of sp³-hybridized carbons (Fsp3) is 0.133. The minimum absolute atomic E-state index is 0.289. The van der Waals surface area contributed by atoms with Gasteiger partial charge in [-0.25, -0.2) is 4.98 Å². The third-order valence-corrected chi connectivity index (χ3v) is 7.05. The number of para-hydroxylation sites is 2. The number of nitrogens with one attached hydrogen (secondary N) is 1. The Balaban J connectivity index is 1.22. The zero-order valence-electron chi connectivity index (χ0n) is 21.8. The topological polar surface area (TPSA) is 63.9 Å². The fourth-order valence-corrected chi connectivity index (χ4v) is 4.93. The van der Waals surface area contributed by atoms with Gasteiger partial charge in [0, 0.05) is 42.1 Å². The van der Waals surface area contributed by atoms with Crippen molar-refractivity contribution in [3.05, 3.63) is 108 Å². The number of ether oxygens (including phenoxy) is 2. The first kappa shape index (κ1) is 24.9. The molecule has 0 amide bonds. The van der Waals surface area contributed by atoms with Crippen LogP contribution in [0.1, 0.15) is 5.56 Å². The normalized spacial score (nSPS) is 14.3. The number of rotatable bonds is 7. The number of hydrogen-bond donors (Lipinski definition) is 1. The third-order valence-electron chi connectivity index (χ3n) is 6.72. The lowest BCUT2D eigenvalue weighted by Gasteiger charge is -2.28. The molecule has 0 aliphatic carbocycles. The monoisotopic (exact) mass is 535 g/mol. The number of fused-ring (bicyclic) bond motifs is 2. The third kappa shape index (κ3) is 5.03. The molecule has 5 aromatic rings. The Morgan fingerprint density at radius 1 is 1.10 bits per heavy atom. The maximum Gasteiger partial charge on any atom is 0.172 e. The summed E-state index contributed by atoms with van der Waals surface area (Å²) in [5.74, 6) is 2.39. The quantitative estimate of drug-likeness (QED) is 0.305. The van der Waals surface area contributed by atoms with Crippen molar-refractivity contribution >= 4 is 42.1 Å². The van der Waals surface area contributed by atoms with Crippen molar-refractivity contribution in [2.45, 2.75) is 12.6 Å². The minimum Gasteiger partial charge on any atom is -0.485 e. The molecule has 1 aliphatic rings. The molecule has 6 rings (SSSR count). The highest BCUT2D eigenvalue weighted by Gasteiger charge is 2.23. The van der Waals surface area contributed by atoms with E-state index in [0.29, 0.717) is 18.2 Å². The van der Waals surface area contributed by atoms with Gasteiger partial charge in [-0.05, 0) is 41.4 Å². The molecule has 2 aromatic heterocycles. The van der Waals surface area contributed by atoms with Crippen molar-refractivity contribution in [1.82, 2.24) is 14.6 Å². The maximum absolute atomic E-state index is 6.52. The van der Waals surface area contributed by atoms with Crippen molar-refractivity contribution in [2.75, 3.05) is 23.9 Å². The molecule has 1 unspecified atom stereocenters. The number of nitrogens with zero attached hydrogens (tertiary/aromatic N) is 4. The van der Waals surface area contributed by atoms with Crippen molar-refractivity contribution in [3.8, 4) is 22.8 Å². The van der Waals surface area contributed by atoms with Crippen LogP contribution < -0.4 is 25.2 Å². The van der Waals surface area contributed by atoms with Gasteiger partial charge in [0.05, 0.1) is 11.4 Å². The van der Waals surface area contributed by atoms with E-state index in [0.717, 1.165) is 56.6 Å². The van der Waals surface area contributed by atoms with Crippen molar-refractivity contribution in [3.63, 3.8) is 0 Å². The summed E-state index contributed by atoms with van der Waals surface area (Å²) in [5.41, 5.74) is 6.29. The van der Waals surface area contributed by atoms with Crippen LogP contribution >= 0.6 is 11.6 Å². The van der Waals surface area contributed by atoms with Crippen LogP contribution in [0, 0.1) is 0 Å². The van der Waals surface area contributed by atoms with Crippen LogP contribution in [0.25, 0.3) is 16.9 Å². The zero-order valence-corrected chi connectivity index (χ0v) is 22.5. The Kier molecular flexibility index (Phi) is 6.63. The van der Waals surface area contributed by atoms with E-state index in [1.807, 2.05) is 92.3 Å². The Morgan fingerprint density at radius 3 is 2.74 bits per heavy atom. The van der Waals surface area contributed by atoms with Crippen LogP contribution in [-0.2, 0) is 6.54 Å². The summed E-state index contributed by atoms with van der Waals surface area (Å²) >= 11 is 6.52. The van der Waals surface area contributed by atoms with Crippen molar-refractivity contribution < 1.29 is 9.47 Å². The van der Waals surface area contributed by atoms with Crippen LogP contribution in [0.3, 0.4) is 0 Å². The Hall–Kier alpha value is -4.43. The zero-order chi connectivity index (χ0) is 26.9. The molecule has 0 saturated heterocycles. The van der Waals surface area contributed by atoms with E-state index < -0.39 is 0 Å². The number of hydrogen-bond acceptors (Lipinski definition) is 6. The fourth-order valence-electron chi connectivity index (χ4n) is 4.70. The maximum atomic E-state index is 6.52. The predicted octanol–water partition coefficient (Wildman–Crippen LogP) is 4.71. The Bertz CT molecular complexity index is 1690. The first-order valence-corrected chi connectivity index (χ1v) is 13.1. The molecule has 1 aliphatic heterocycles. The lowest BCUT2D eigenvalue weighted by Crippen LogP contribution is -2.33. The number of halogens is 1. The second-order valence-electron chi connectivity index (χ2n) is 9.61. The minimum atomic E-state index is -0.289. The van der Waals surface area contributed by atoms with Crippen LogP contribution in [0.5, 0.6) is 11.5 Å². The molecular weight excluding hydrogens is 509 g/mol. The SMILES string of the molecule is Bc1cnn2c(N(C)Cc3cccc(NC(=C)C4COc5ccccc5O4)c3)cc(-c3ccccc3Cl)nc12. The van der Waals surface area contributed by atoms with Crippen molar-refractivity contribution in [1.29, 1.82) is 0 Å². The predicted molar refractivity (Wildman–Crippen MR) is 159 cm³/mol. The van der Waals surface area contributed by atoms with Crippen LogP contribution in [0.15, 0.2) is 97.3 Å². The van der Waals surface area contributed by atoms with Crippen LogP contribution in [0.2, 0.25) is 5.02 Å². The van der Waals surface area contributed by atoms with Gasteiger partial charge in [0.2, 0.25) is 0 Å². The first-order chi connectivity index (χ1) is 19.0. The molecule has 39 heavy (non-hydrogen) atoms. The molecule has 1 atom stereocenters. The largest absolute Gasteiger partial charge is 0.485 e. The van der Waals surface area contributed by atoms with E-state index in [2.05, 4.69) is 34.0 Å². The van der Waals surface area contributed by atoms with E-state index in [-0.39, 0.29) is 6.10 Å². The lowest BCUT2D eigenvalue weighted by atomic mass is 10.0. The summed E-state index contributed by atoms with van der Waals surface area (Å²) in [6, 6.07) is 25.7. The summed E-state index contributed by atoms with van der Waals surface area (Å²) in [7, 11) is 4.06. The van der Waals surface area contributed by atoms with Gasteiger partial charge in [0.15, 0.2) is 23.3 Å². The average molecular weight is 536 g/mol. The molecule has 0 bridgehead atoms. The molecule has 3 heterocycles. The summed E-state index contributed by atoms with van der Waals surface area (Å²) in [4.78, 5) is 7.03. The summed E-state index contributed by atoms with van der Waals surface area (Å²) in [6.07, 6.45) is 1.55. The van der Waals surface area contributed by atoms with Gasteiger partial charge >= 0.3 is 0 Å². The standard InChI is InChI=1S/C30H27BClN5O2/c1-19(28-18-38-26-12-5-6-13-27(26)39-28)34-21-9-7-8-20(14-21)17-36(2)29-15-25(22-10-3-4-11-24(22)32)35-30-23(31)16-33-37(29)30/h3-16,28,34H,1,17-18,31H2,2H3. The second kappa shape index (κ2) is 10.4. The average Bonchev–Trinajstić information content (AvgIpc) is 3.33. The summed E-state index contributed by atoms with van der Waals surface area (Å²) in [5, 5.41) is 8.66. The van der Waals surface area contributed by atoms with Crippen LogP contribution in [0.4, 0.5) is 11.5 Å². The molecular formula is C30H27BClN5O2. The molecule has 0 fully saturated rings.